The molecule has 0 bridgehead atoms. The van der Waals surface area contributed by atoms with Gasteiger partial charge in [0, 0.05) is 0 Å². The molecule has 0 saturated heterocycles. The number of hydrogen-bond donors (Lipinski definition) is 0. The fourth-order valence-electron chi connectivity index (χ4n) is 0.600. The van der Waals surface area contributed by atoms with Crippen molar-refractivity contribution in [3.63, 3.8) is 0 Å². The fourth-order valence-corrected chi connectivity index (χ4v) is 0.600. The normalized spacial score (nSPS) is 14.6. The number of hydroxylamine groups is 2. The molecule has 0 aliphatic rings. The SMILES string of the molecule is CCCC(C)N(C)[O-]. The molecule has 0 aliphatic heterocycles. The van der Waals surface area contributed by atoms with Gasteiger partial charge in [-0.25, -0.2) is 0 Å². The zero-order chi connectivity index (χ0) is 6.57. The standard InChI is InChI=1S/C6H14NO/c1-4-5-6(2)7(3)8/h6H,4-5H2,1-3H3/q-1. The van der Waals surface area contributed by atoms with Crippen molar-refractivity contribution in [2.75, 3.05) is 7.05 Å². The van der Waals surface area contributed by atoms with Gasteiger partial charge >= 0.3 is 0 Å². The first-order chi connectivity index (χ1) is 3.68. The first-order valence-corrected chi connectivity index (χ1v) is 3.08. The van der Waals surface area contributed by atoms with Crippen molar-refractivity contribution in [3.05, 3.63) is 5.21 Å². The van der Waals surface area contributed by atoms with Crippen LogP contribution in [0.1, 0.15) is 26.7 Å². The highest BCUT2D eigenvalue weighted by atomic mass is 16.5. The molecular formula is C6H14NO-. The quantitative estimate of drug-likeness (QED) is 0.523. The predicted molar refractivity (Wildman–Crippen MR) is 35.5 cm³/mol. The average molecular weight is 116 g/mol. The molecule has 50 valence electrons. The summed E-state index contributed by atoms with van der Waals surface area (Å²) in [7, 11) is 1.57. The molecule has 0 N–H and O–H groups in total. The lowest BCUT2D eigenvalue weighted by Gasteiger charge is -2.29. The number of nitrogens with zero attached hydrogens (tertiary/aromatic N) is 1. The lowest BCUT2D eigenvalue weighted by Crippen LogP contribution is -2.22. The molecular weight excluding hydrogens is 102 g/mol. The summed E-state index contributed by atoms with van der Waals surface area (Å²) in [5.74, 6) is 0. The van der Waals surface area contributed by atoms with Gasteiger partial charge in [-0.05, 0) is 19.5 Å². The Balaban J connectivity index is 3.17. The predicted octanol–water partition coefficient (Wildman–Crippen LogP) is 1.60. The van der Waals surface area contributed by atoms with E-state index in [9.17, 15) is 5.21 Å². The summed E-state index contributed by atoms with van der Waals surface area (Å²) in [6.07, 6.45) is 2.09. The minimum atomic E-state index is 0.194. The Morgan fingerprint density at radius 2 is 2.12 bits per heavy atom. The topological polar surface area (TPSA) is 26.3 Å². The Kier molecular flexibility index (Phi) is 3.83. The van der Waals surface area contributed by atoms with E-state index >= 15 is 0 Å². The van der Waals surface area contributed by atoms with E-state index in [-0.39, 0.29) is 6.04 Å². The van der Waals surface area contributed by atoms with Crippen LogP contribution in [0.3, 0.4) is 0 Å². The zero-order valence-electron chi connectivity index (χ0n) is 5.85. The van der Waals surface area contributed by atoms with Crippen LogP contribution in [0.4, 0.5) is 0 Å². The summed E-state index contributed by atoms with van der Waals surface area (Å²) in [6, 6.07) is 0.194. The summed E-state index contributed by atoms with van der Waals surface area (Å²) in [4.78, 5) is 0. The van der Waals surface area contributed by atoms with Gasteiger partial charge in [0.25, 0.3) is 0 Å². The zero-order valence-corrected chi connectivity index (χ0v) is 5.85. The van der Waals surface area contributed by atoms with Gasteiger partial charge < -0.3 is 10.3 Å². The molecule has 0 fully saturated rings. The van der Waals surface area contributed by atoms with E-state index in [1.807, 2.05) is 6.92 Å². The van der Waals surface area contributed by atoms with Crippen molar-refractivity contribution in [2.45, 2.75) is 32.7 Å². The largest absolute Gasteiger partial charge is 0.785 e. The highest BCUT2D eigenvalue weighted by Crippen LogP contribution is 2.00. The fraction of sp³-hybridized carbons (Fsp3) is 1.00. The van der Waals surface area contributed by atoms with Crippen molar-refractivity contribution in [2.24, 2.45) is 0 Å². The van der Waals surface area contributed by atoms with Crippen molar-refractivity contribution in [1.82, 2.24) is 5.06 Å². The highest BCUT2D eigenvalue weighted by Gasteiger charge is 1.95. The minimum Gasteiger partial charge on any atom is -0.785 e. The molecule has 2 heteroatoms. The summed E-state index contributed by atoms with van der Waals surface area (Å²) in [5, 5.41) is 11.5. The molecule has 2 nitrogen and oxygen atoms in total. The maximum atomic E-state index is 10.5. The second kappa shape index (κ2) is 3.87. The third kappa shape index (κ3) is 2.99. The smallest absolute Gasteiger partial charge is 0.00571 e. The average Bonchev–Trinajstić information content (AvgIpc) is 1.67. The lowest BCUT2D eigenvalue weighted by molar-refractivity contribution is 0.333. The third-order valence-electron chi connectivity index (χ3n) is 1.33. The summed E-state index contributed by atoms with van der Waals surface area (Å²) >= 11 is 0. The summed E-state index contributed by atoms with van der Waals surface area (Å²) < 4.78 is 0. The van der Waals surface area contributed by atoms with Crippen LogP contribution in [-0.4, -0.2) is 18.2 Å². The van der Waals surface area contributed by atoms with Gasteiger partial charge in [-0.2, -0.15) is 0 Å². The second-order valence-electron chi connectivity index (χ2n) is 2.18. The molecule has 0 radical (unpaired) electrons. The molecule has 0 rings (SSSR count). The molecule has 8 heavy (non-hydrogen) atoms. The monoisotopic (exact) mass is 116 g/mol. The van der Waals surface area contributed by atoms with Crippen LogP contribution < -0.4 is 0 Å². The first kappa shape index (κ1) is 7.92. The van der Waals surface area contributed by atoms with Crippen LogP contribution in [0, 0.1) is 5.21 Å². The lowest BCUT2D eigenvalue weighted by atomic mass is 10.2. The van der Waals surface area contributed by atoms with Crippen LogP contribution in [0.15, 0.2) is 0 Å². The maximum absolute atomic E-state index is 10.5. The van der Waals surface area contributed by atoms with E-state index in [2.05, 4.69) is 6.92 Å². The Labute approximate surface area is 51.1 Å². The van der Waals surface area contributed by atoms with Crippen LogP contribution in [-0.2, 0) is 0 Å². The molecule has 0 aromatic carbocycles. The van der Waals surface area contributed by atoms with Gasteiger partial charge in [-0.3, -0.25) is 0 Å². The number of rotatable bonds is 3. The summed E-state index contributed by atoms with van der Waals surface area (Å²) in [6.45, 7) is 4.02. The van der Waals surface area contributed by atoms with E-state index in [1.165, 1.54) is 0 Å². The van der Waals surface area contributed by atoms with Crippen LogP contribution in [0.5, 0.6) is 0 Å². The Hall–Kier alpha value is -0.0800. The molecule has 0 saturated carbocycles. The van der Waals surface area contributed by atoms with Gasteiger partial charge in [0.15, 0.2) is 0 Å². The minimum absolute atomic E-state index is 0.194. The van der Waals surface area contributed by atoms with Gasteiger partial charge in [-0.15, -0.1) is 0 Å². The maximum Gasteiger partial charge on any atom is -0.00571 e. The van der Waals surface area contributed by atoms with Gasteiger partial charge in [0.1, 0.15) is 0 Å². The molecule has 0 aromatic heterocycles. The first-order valence-electron chi connectivity index (χ1n) is 3.08. The second-order valence-corrected chi connectivity index (χ2v) is 2.18. The molecule has 0 aromatic rings. The molecule has 0 spiro atoms. The molecule has 1 unspecified atom stereocenters. The van der Waals surface area contributed by atoms with Crippen LogP contribution in [0.25, 0.3) is 0 Å². The van der Waals surface area contributed by atoms with E-state index in [4.69, 9.17) is 0 Å². The van der Waals surface area contributed by atoms with Gasteiger partial charge in [0.2, 0.25) is 0 Å². The van der Waals surface area contributed by atoms with Crippen molar-refractivity contribution >= 4 is 0 Å². The Bertz CT molecular complexity index is 54.5. The van der Waals surface area contributed by atoms with Crippen molar-refractivity contribution in [1.29, 1.82) is 0 Å². The highest BCUT2D eigenvalue weighted by molar-refractivity contribution is 4.60. The Morgan fingerprint density at radius 3 is 2.25 bits per heavy atom. The van der Waals surface area contributed by atoms with E-state index in [1.54, 1.807) is 7.05 Å². The van der Waals surface area contributed by atoms with Crippen LogP contribution >= 0.6 is 0 Å². The van der Waals surface area contributed by atoms with Crippen molar-refractivity contribution in [3.8, 4) is 0 Å². The van der Waals surface area contributed by atoms with Gasteiger partial charge in [-0.1, -0.05) is 20.3 Å². The van der Waals surface area contributed by atoms with E-state index in [0.717, 1.165) is 17.9 Å². The molecule has 0 aliphatic carbocycles. The molecule has 0 heterocycles. The summed E-state index contributed by atoms with van der Waals surface area (Å²) in [5.41, 5.74) is 0. The van der Waals surface area contributed by atoms with Crippen LogP contribution in [0.2, 0.25) is 0 Å². The third-order valence-corrected chi connectivity index (χ3v) is 1.33. The molecule has 1 atom stereocenters. The molecule has 0 amide bonds. The van der Waals surface area contributed by atoms with Gasteiger partial charge in [0.05, 0.1) is 0 Å². The number of hydrogen-bond acceptors (Lipinski definition) is 2. The Morgan fingerprint density at radius 1 is 1.62 bits per heavy atom. The van der Waals surface area contributed by atoms with E-state index < -0.39 is 0 Å². The van der Waals surface area contributed by atoms with E-state index in [0.29, 0.717) is 0 Å². The van der Waals surface area contributed by atoms with Crippen molar-refractivity contribution < 1.29 is 0 Å².